The lowest BCUT2D eigenvalue weighted by molar-refractivity contribution is -0.144. The second-order valence-corrected chi connectivity index (χ2v) is 6.13. The van der Waals surface area contributed by atoms with Gasteiger partial charge in [-0.2, -0.15) is 0 Å². The zero-order valence-electron chi connectivity index (χ0n) is 12.5. The van der Waals surface area contributed by atoms with E-state index in [1.54, 1.807) is 17.0 Å². The lowest BCUT2D eigenvalue weighted by Crippen LogP contribution is -2.52. The second kappa shape index (κ2) is 5.59. The topological polar surface area (TPSA) is 58.6 Å². The fourth-order valence-corrected chi connectivity index (χ4v) is 2.96. The zero-order valence-corrected chi connectivity index (χ0v) is 12.5. The van der Waals surface area contributed by atoms with E-state index in [4.69, 9.17) is 4.74 Å². The van der Waals surface area contributed by atoms with Crippen molar-refractivity contribution in [1.82, 2.24) is 10.2 Å². The maximum Gasteiger partial charge on any atom is 0.230 e. The summed E-state index contributed by atoms with van der Waals surface area (Å²) in [5.41, 5.74) is -0.222. The second-order valence-electron chi connectivity index (χ2n) is 6.13. The summed E-state index contributed by atoms with van der Waals surface area (Å²) in [7, 11) is 0. The number of piperidine rings is 1. The van der Waals surface area contributed by atoms with E-state index in [9.17, 15) is 14.0 Å². The normalized spacial score (nSPS) is 24.8. The molecule has 1 atom stereocenters. The lowest BCUT2D eigenvalue weighted by atomic mass is 9.81. The Morgan fingerprint density at radius 2 is 2.27 bits per heavy atom. The minimum absolute atomic E-state index is 0.0270. The van der Waals surface area contributed by atoms with Crippen molar-refractivity contribution in [1.29, 1.82) is 0 Å². The van der Waals surface area contributed by atoms with E-state index >= 15 is 0 Å². The Balaban J connectivity index is 1.81. The molecule has 0 aromatic heterocycles. The highest BCUT2D eigenvalue weighted by atomic mass is 19.1. The SMILES string of the molecule is CC1(C(=O)N2CCOc3cccc(F)c3C2)CCC(=O)NC1. The predicted molar refractivity (Wildman–Crippen MR) is 77.7 cm³/mol. The number of nitrogens with one attached hydrogen (secondary N) is 1. The molecular formula is C16H19FN2O3. The van der Waals surface area contributed by atoms with Crippen LogP contribution in [-0.4, -0.2) is 36.4 Å². The van der Waals surface area contributed by atoms with Crippen molar-refractivity contribution in [2.75, 3.05) is 19.7 Å². The molecule has 1 unspecified atom stereocenters. The van der Waals surface area contributed by atoms with Crippen LogP contribution in [0, 0.1) is 11.2 Å². The molecule has 0 saturated carbocycles. The van der Waals surface area contributed by atoms with Gasteiger partial charge in [0.2, 0.25) is 11.8 Å². The standard InChI is InChI=1S/C16H19FN2O3/c1-16(6-5-14(20)18-10-16)15(21)19-7-8-22-13-4-2-3-12(17)11(13)9-19/h2-4H,5-10H2,1H3,(H,18,20). The fourth-order valence-electron chi connectivity index (χ4n) is 2.96. The van der Waals surface area contributed by atoms with Gasteiger partial charge in [-0.3, -0.25) is 9.59 Å². The maximum atomic E-state index is 14.0. The molecule has 2 aliphatic heterocycles. The van der Waals surface area contributed by atoms with Crippen molar-refractivity contribution >= 4 is 11.8 Å². The first-order valence-electron chi connectivity index (χ1n) is 7.46. The first-order valence-corrected chi connectivity index (χ1v) is 7.46. The molecule has 2 amide bonds. The summed E-state index contributed by atoms with van der Waals surface area (Å²) in [5.74, 6) is 0.0461. The van der Waals surface area contributed by atoms with Gasteiger partial charge >= 0.3 is 0 Å². The van der Waals surface area contributed by atoms with Crippen LogP contribution in [0.2, 0.25) is 0 Å². The number of fused-ring (bicyclic) bond motifs is 1. The Labute approximate surface area is 128 Å². The molecule has 5 nitrogen and oxygen atoms in total. The molecule has 1 aromatic rings. The first kappa shape index (κ1) is 14.8. The van der Waals surface area contributed by atoms with Gasteiger partial charge in [0.05, 0.1) is 18.5 Å². The van der Waals surface area contributed by atoms with Crippen molar-refractivity contribution < 1.29 is 18.7 Å². The van der Waals surface area contributed by atoms with E-state index in [0.717, 1.165) is 0 Å². The number of halogens is 1. The molecule has 0 spiro atoms. The van der Waals surface area contributed by atoms with Crippen LogP contribution in [0.25, 0.3) is 0 Å². The third-order valence-electron chi connectivity index (χ3n) is 4.43. The Morgan fingerprint density at radius 1 is 1.45 bits per heavy atom. The molecule has 3 rings (SSSR count). The summed E-state index contributed by atoms with van der Waals surface area (Å²) in [5, 5.41) is 2.75. The molecule has 6 heteroatoms. The molecule has 118 valence electrons. The molecule has 2 aliphatic rings. The van der Waals surface area contributed by atoms with E-state index in [-0.39, 0.29) is 24.2 Å². The monoisotopic (exact) mass is 306 g/mol. The van der Waals surface area contributed by atoms with E-state index in [1.807, 2.05) is 6.92 Å². The van der Waals surface area contributed by atoms with E-state index < -0.39 is 5.41 Å². The molecule has 1 saturated heterocycles. The van der Waals surface area contributed by atoms with Gasteiger partial charge in [0.25, 0.3) is 0 Å². The number of hydrogen-bond donors (Lipinski definition) is 1. The van der Waals surface area contributed by atoms with Crippen LogP contribution in [0.3, 0.4) is 0 Å². The summed E-state index contributed by atoms with van der Waals surface area (Å²) >= 11 is 0. The number of carbonyl (C=O) groups excluding carboxylic acids is 2. The highest BCUT2D eigenvalue weighted by Crippen LogP contribution is 2.32. The van der Waals surface area contributed by atoms with Gasteiger partial charge in [-0.25, -0.2) is 4.39 Å². The largest absolute Gasteiger partial charge is 0.491 e. The Hall–Kier alpha value is -2.11. The van der Waals surface area contributed by atoms with Crippen LogP contribution in [-0.2, 0) is 16.1 Å². The number of hydrogen-bond acceptors (Lipinski definition) is 3. The molecular weight excluding hydrogens is 287 g/mol. The van der Waals surface area contributed by atoms with Gasteiger partial charge < -0.3 is 15.0 Å². The third kappa shape index (κ3) is 2.65. The molecule has 0 aliphatic carbocycles. The summed E-state index contributed by atoms with van der Waals surface area (Å²) in [6.07, 6.45) is 0.858. The number of carbonyl (C=O) groups is 2. The van der Waals surface area contributed by atoms with Gasteiger partial charge in [0.15, 0.2) is 0 Å². The van der Waals surface area contributed by atoms with Crippen LogP contribution in [0.4, 0.5) is 4.39 Å². The molecule has 1 fully saturated rings. The highest BCUT2D eigenvalue weighted by Gasteiger charge is 2.40. The van der Waals surface area contributed by atoms with E-state index in [0.29, 0.717) is 43.9 Å². The van der Waals surface area contributed by atoms with Gasteiger partial charge in [-0.1, -0.05) is 6.07 Å². The molecule has 0 bridgehead atoms. The van der Waals surface area contributed by atoms with Crippen LogP contribution in [0.15, 0.2) is 18.2 Å². The molecule has 0 radical (unpaired) electrons. The summed E-state index contributed by atoms with van der Waals surface area (Å²) < 4.78 is 19.5. The average molecular weight is 306 g/mol. The zero-order chi connectivity index (χ0) is 15.7. The minimum atomic E-state index is -0.635. The minimum Gasteiger partial charge on any atom is -0.491 e. The van der Waals surface area contributed by atoms with Gasteiger partial charge in [0, 0.05) is 18.5 Å². The summed E-state index contributed by atoms with van der Waals surface area (Å²) in [6, 6.07) is 4.69. The van der Waals surface area contributed by atoms with Crippen molar-refractivity contribution in [2.24, 2.45) is 5.41 Å². The van der Waals surface area contributed by atoms with E-state index in [1.165, 1.54) is 6.07 Å². The first-order chi connectivity index (χ1) is 10.5. The molecule has 1 aromatic carbocycles. The Morgan fingerprint density at radius 3 is 3.00 bits per heavy atom. The van der Waals surface area contributed by atoms with Crippen molar-refractivity contribution in [3.63, 3.8) is 0 Å². The van der Waals surface area contributed by atoms with E-state index in [2.05, 4.69) is 5.32 Å². The average Bonchev–Trinajstić information content (AvgIpc) is 2.73. The quantitative estimate of drug-likeness (QED) is 0.854. The number of ether oxygens (including phenoxy) is 1. The Kier molecular flexibility index (Phi) is 3.76. The number of benzene rings is 1. The molecule has 22 heavy (non-hydrogen) atoms. The van der Waals surface area contributed by atoms with Crippen molar-refractivity contribution in [2.45, 2.75) is 26.3 Å². The highest BCUT2D eigenvalue weighted by molar-refractivity contribution is 5.86. The van der Waals surface area contributed by atoms with Gasteiger partial charge in [-0.15, -0.1) is 0 Å². The summed E-state index contributed by atoms with van der Waals surface area (Å²) in [6.45, 7) is 3.13. The number of rotatable bonds is 1. The summed E-state index contributed by atoms with van der Waals surface area (Å²) in [4.78, 5) is 25.8. The molecule has 1 N–H and O–H groups in total. The van der Waals surface area contributed by atoms with Crippen molar-refractivity contribution in [3.8, 4) is 5.75 Å². The lowest BCUT2D eigenvalue weighted by Gasteiger charge is -2.36. The van der Waals surface area contributed by atoms with Crippen LogP contribution in [0.5, 0.6) is 5.75 Å². The fraction of sp³-hybridized carbons (Fsp3) is 0.500. The maximum absolute atomic E-state index is 14.0. The van der Waals surface area contributed by atoms with Crippen molar-refractivity contribution in [3.05, 3.63) is 29.6 Å². The van der Waals surface area contributed by atoms with Gasteiger partial charge in [-0.05, 0) is 25.5 Å². The van der Waals surface area contributed by atoms with Crippen LogP contribution >= 0.6 is 0 Å². The van der Waals surface area contributed by atoms with Crippen LogP contribution in [0.1, 0.15) is 25.3 Å². The van der Waals surface area contributed by atoms with Gasteiger partial charge in [0.1, 0.15) is 18.2 Å². The Bertz CT molecular complexity index is 607. The third-order valence-corrected chi connectivity index (χ3v) is 4.43. The smallest absolute Gasteiger partial charge is 0.230 e. The predicted octanol–water partition coefficient (Wildman–Crippen LogP) is 1.46. The molecule has 2 heterocycles. The van der Waals surface area contributed by atoms with Crippen LogP contribution < -0.4 is 10.1 Å². The number of amides is 2. The number of nitrogens with zero attached hydrogens (tertiary/aromatic N) is 1.